The molecule has 0 spiro atoms. The van der Waals surface area contributed by atoms with Crippen molar-refractivity contribution in [1.82, 2.24) is 9.55 Å². The van der Waals surface area contributed by atoms with Crippen molar-refractivity contribution in [2.75, 3.05) is 7.11 Å². The first-order chi connectivity index (χ1) is 6.65. The summed E-state index contributed by atoms with van der Waals surface area (Å²) in [4.78, 5) is 13.6. The number of ether oxygens (including phenoxy) is 1. The van der Waals surface area contributed by atoms with Gasteiger partial charge in [0.25, 0.3) is 0 Å². The lowest BCUT2D eigenvalue weighted by Gasteiger charge is -2.01. The second kappa shape index (κ2) is 2.87. The van der Waals surface area contributed by atoms with Crippen molar-refractivity contribution in [3.05, 3.63) is 28.4 Å². The third kappa shape index (κ3) is 1.02. The third-order valence-electron chi connectivity index (χ3n) is 2.20. The predicted octanol–water partition coefficient (Wildman–Crippen LogP) is 1.01. The summed E-state index contributed by atoms with van der Waals surface area (Å²) in [5.74, 6) is -0.415. The molecular weight excluding hydrogens is 187 g/mol. The number of halogens is 1. The topological polar surface area (TPSA) is 47.0 Å². The van der Waals surface area contributed by atoms with Gasteiger partial charge in [-0.05, 0) is 12.1 Å². The number of aromatic amines is 1. The summed E-state index contributed by atoms with van der Waals surface area (Å²) >= 11 is 0. The largest absolute Gasteiger partial charge is 0.494 e. The van der Waals surface area contributed by atoms with Crippen molar-refractivity contribution < 1.29 is 9.13 Å². The average molecular weight is 196 g/mol. The molecule has 74 valence electrons. The van der Waals surface area contributed by atoms with E-state index in [1.54, 1.807) is 13.1 Å². The van der Waals surface area contributed by atoms with Crippen LogP contribution in [0.4, 0.5) is 4.39 Å². The van der Waals surface area contributed by atoms with Gasteiger partial charge in [0, 0.05) is 7.05 Å². The Hall–Kier alpha value is -1.78. The van der Waals surface area contributed by atoms with Crippen molar-refractivity contribution in [2.45, 2.75) is 0 Å². The average Bonchev–Trinajstić information content (AvgIpc) is 2.46. The SMILES string of the molecule is COc1ccc2c([nH]c(=O)n2C)c1F. The standard InChI is InChI=1S/C9H9FN2O2/c1-12-5-3-4-6(14-2)7(10)8(5)11-9(12)13/h3-4H,1-2H3,(H,11,13). The number of nitrogens with one attached hydrogen (secondary N) is 1. The second-order valence-corrected chi connectivity index (χ2v) is 2.97. The molecule has 0 radical (unpaired) electrons. The van der Waals surface area contributed by atoms with Crippen molar-refractivity contribution in [1.29, 1.82) is 0 Å². The first-order valence-corrected chi connectivity index (χ1v) is 4.06. The van der Waals surface area contributed by atoms with E-state index in [1.165, 1.54) is 17.7 Å². The van der Waals surface area contributed by atoms with Crippen LogP contribution in [-0.2, 0) is 7.05 Å². The number of methoxy groups -OCH3 is 1. The van der Waals surface area contributed by atoms with Crippen LogP contribution in [0.1, 0.15) is 0 Å². The zero-order valence-electron chi connectivity index (χ0n) is 7.80. The number of imidazole rings is 1. The molecule has 0 aliphatic rings. The summed E-state index contributed by atoms with van der Waals surface area (Å²) in [6.07, 6.45) is 0. The molecule has 5 heteroatoms. The highest BCUT2D eigenvalue weighted by atomic mass is 19.1. The zero-order valence-corrected chi connectivity index (χ0v) is 7.80. The summed E-state index contributed by atoms with van der Waals surface area (Å²) in [5.41, 5.74) is 0.359. The molecule has 0 amide bonds. The number of aromatic nitrogens is 2. The van der Waals surface area contributed by atoms with Gasteiger partial charge in [0.1, 0.15) is 5.52 Å². The van der Waals surface area contributed by atoms with E-state index < -0.39 is 5.82 Å². The van der Waals surface area contributed by atoms with E-state index in [4.69, 9.17) is 4.74 Å². The Bertz CT molecular complexity index is 541. The highest BCUT2D eigenvalue weighted by molar-refractivity contribution is 5.77. The van der Waals surface area contributed by atoms with Gasteiger partial charge in [-0.25, -0.2) is 9.18 Å². The number of aryl methyl sites for hydroxylation is 1. The number of H-pyrrole nitrogens is 1. The molecule has 1 aromatic carbocycles. The van der Waals surface area contributed by atoms with Crippen molar-refractivity contribution in [3.8, 4) is 5.75 Å². The molecule has 0 fully saturated rings. The van der Waals surface area contributed by atoms with Crippen molar-refractivity contribution in [2.24, 2.45) is 7.05 Å². The Morgan fingerprint density at radius 1 is 1.50 bits per heavy atom. The summed E-state index contributed by atoms with van der Waals surface area (Å²) in [5, 5.41) is 0. The van der Waals surface area contributed by atoms with Crippen molar-refractivity contribution in [3.63, 3.8) is 0 Å². The molecule has 0 saturated carbocycles. The van der Waals surface area contributed by atoms with E-state index in [2.05, 4.69) is 4.98 Å². The minimum atomic E-state index is -0.539. The van der Waals surface area contributed by atoms with E-state index in [1.807, 2.05) is 0 Å². The van der Waals surface area contributed by atoms with E-state index in [-0.39, 0.29) is 17.0 Å². The minimum Gasteiger partial charge on any atom is -0.494 e. The van der Waals surface area contributed by atoms with Gasteiger partial charge in [-0.2, -0.15) is 0 Å². The molecule has 1 N–H and O–H groups in total. The van der Waals surface area contributed by atoms with E-state index >= 15 is 0 Å². The van der Waals surface area contributed by atoms with Crippen LogP contribution in [-0.4, -0.2) is 16.7 Å². The first kappa shape index (κ1) is 8.80. The highest BCUT2D eigenvalue weighted by Crippen LogP contribution is 2.23. The summed E-state index contributed by atoms with van der Waals surface area (Å²) in [6.45, 7) is 0. The van der Waals surface area contributed by atoms with E-state index in [0.29, 0.717) is 5.52 Å². The lowest BCUT2D eigenvalue weighted by molar-refractivity contribution is 0.388. The van der Waals surface area contributed by atoms with Crippen LogP contribution >= 0.6 is 0 Å². The first-order valence-electron chi connectivity index (χ1n) is 4.06. The number of hydrogen-bond donors (Lipinski definition) is 1. The maximum Gasteiger partial charge on any atom is 0.326 e. The van der Waals surface area contributed by atoms with Crippen molar-refractivity contribution >= 4 is 11.0 Å². The van der Waals surface area contributed by atoms with Gasteiger partial charge in [0.15, 0.2) is 11.6 Å². The summed E-state index contributed by atoms with van der Waals surface area (Å²) in [6, 6.07) is 3.13. The lowest BCUT2D eigenvalue weighted by Crippen LogP contribution is -2.11. The van der Waals surface area contributed by atoms with E-state index in [9.17, 15) is 9.18 Å². The Morgan fingerprint density at radius 3 is 2.86 bits per heavy atom. The minimum absolute atomic E-state index is 0.124. The normalized spacial score (nSPS) is 10.8. The number of nitrogens with zero attached hydrogens (tertiary/aromatic N) is 1. The molecular formula is C9H9FN2O2. The van der Waals surface area contributed by atoms with Gasteiger partial charge in [-0.3, -0.25) is 4.57 Å². The Morgan fingerprint density at radius 2 is 2.21 bits per heavy atom. The molecule has 14 heavy (non-hydrogen) atoms. The number of hydrogen-bond acceptors (Lipinski definition) is 2. The molecule has 0 aliphatic carbocycles. The molecule has 0 aliphatic heterocycles. The van der Waals surface area contributed by atoms with Gasteiger partial charge in [0.2, 0.25) is 0 Å². The quantitative estimate of drug-likeness (QED) is 0.740. The number of rotatable bonds is 1. The van der Waals surface area contributed by atoms with Crippen LogP contribution in [0.25, 0.3) is 11.0 Å². The van der Waals surface area contributed by atoms with Gasteiger partial charge in [-0.15, -0.1) is 0 Å². The Balaban J connectivity index is 2.90. The van der Waals surface area contributed by atoms with Gasteiger partial charge >= 0.3 is 5.69 Å². The van der Waals surface area contributed by atoms with Crippen LogP contribution in [0.15, 0.2) is 16.9 Å². The van der Waals surface area contributed by atoms with Crippen LogP contribution in [0.5, 0.6) is 5.75 Å². The fraction of sp³-hybridized carbons (Fsp3) is 0.222. The fourth-order valence-electron chi connectivity index (χ4n) is 1.40. The fourth-order valence-corrected chi connectivity index (χ4v) is 1.40. The molecule has 2 rings (SSSR count). The van der Waals surface area contributed by atoms with Gasteiger partial charge in [0.05, 0.1) is 12.6 Å². The maximum absolute atomic E-state index is 13.6. The maximum atomic E-state index is 13.6. The van der Waals surface area contributed by atoms with Gasteiger partial charge in [-0.1, -0.05) is 0 Å². The molecule has 1 aromatic heterocycles. The summed E-state index contributed by atoms with van der Waals surface area (Å²) < 4.78 is 19.7. The lowest BCUT2D eigenvalue weighted by atomic mass is 10.3. The van der Waals surface area contributed by atoms with E-state index in [0.717, 1.165) is 0 Å². The molecule has 0 bridgehead atoms. The highest BCUT2D eigenvalue weighted by Gasteiger charge is 2.11. The van der Waals surface area contributed by atoms with Crippen LogP contribution in [0.2, 0.25) is 0 Å². The second-order valence-electron chi connectivity index (χ2n) is 2.97. The van der Waals surface area contributed by atoms with Crippen LogP contribution in [0.3, 0.4) is 0 Å². The molecule has 0 atom stereocenters. The molecule has 0 unspecified atom stereocenters. The smallest absolute Gasteiger partial charge is 0.326 e. The molecule has 2 aromatic rings. The monoisotopic (exact) mass is 196 g/mol. The van der Waals surface area contributed by atoms with Crippen LogP contribution < -0.4 is 10.4 Å². The zero-order chi connectivity index (χ0) is 10.3. The Labute approximate surface area is 78.9 Å². The Kier molecular flexibility index (Phi) is 1.80. The van der Waals surface area contributed by atoms with Gasteiger partial charge < -0.3 is 9.72 Å². The molecule has 0 saturated heterocycles. The third-order valence-corrected chi connectivity index (χ3v) is 2.20. The molecule has 4 nitrogen and oxygen atoms in total. The summed E-state index contributed by atoms with van der Waals surface area (Å²) in [7, 11) is 2.96. The number of fused-ring (bicyclic) bond motifs is 1. The predicted molar refractivity (Wildman–Crippen MR) is 50.0 cm³/mol. The van der Waals surface area contributed by atoms with Crippen LogP contribution in [0, 0.1) is 5.82 Å². The number of benzene rings is 1. The molecule has 1 heterocycles.